The van der Waals surface area contributed by atoms with Gasteiger partial charge in [-0.25, -0.2) is 0 Å². The summed E-state index contributed by atoms with van der Waals surface area (Å²) < 4.78 is 2.43. The van der Waals surface area contributed by atoms with Gasteiger partial charge in [0.15, 0.2) is 5.75 Å². The summed E-state index contributed by atoms with van der Waals surface area (Å²) in [6.07, 6.45) is 2.61. The molecule has 0 fully saturated rings. The first-order chi connectivity index (χ1) is 15.5. The molecule has 0 aliphatic rings. The number of tetrazole rings is 1. The number of aromatic hydroxyl groups is 1. The molecule has 4 aromatic rings. The largest absolute Gasteiger partial charge is 0.505 e. The summed E-state index contributed by atoms with van der Waals surface area (Å²) in [5.74, 6) is 0.487. The summed E-state index contributed by atoms with van der Waals surface area (Å²) in [7, 11) is 0. The van der Waals surface area contributed by atoms with Crippen LogP contribution in [0.1, 0.15) is 31.0 Å². The zero-order chi connectivity index (χ0) is 22.7. The normalized spacial score (nSPS) is 11.1. The number of halogens is 2. The van der Waals surface area contributed by atoms with Crippen LogP contribution in [0.4, 0.5) is 0 Å². The van der Waals surface area contributed by atoms with Crippen molar-refractivity contribution in [2.45, 2.75) is 32.7 Å². The van der Waals surface area contributed by atoms with Crippen LogP contribution in [-0.2, 0) is 13.0 Å². The molecule has 0 saturated carbocycles. The molecule has 0 unspecified atom stereocenters. The fraction of sp³-hybridized carbons (Fsp3) is 0.217. The highest BCUT2D eigenvalue weighted by Crippen LogP contribution is 2.34. The van der Waals surface area contributed by atoms with E-state index in [1.165, 1.54) is 0 Å². The number of aromatic nitrogens is 5. The van der Waals surface area contributed by atoms with Crippen molar-refractivity contribution >= 4 is 31.9 Å². The fourth-order valence-corrected chi connectivity index (χ4v) is 4.92. The van der Waals surface area contributed by atoms with Gasteiger partial charge in [0.2, 0.25) is 5.82 Å². The third-order valence-corrected chi connectivity index (χ3v) is 6.86. The predicted octanol–water partition coefficient (Wildman–Crippen LogP) is 5.32. The van der Waals surface area contributed by atoms with Crippen molar-refractivity contribution in [3.63, 3.8) is 0 Å². The Hall–Kier alpha value is -2.78. The quantitative estimate of drug-likeness (QED) is 0.320. The minimum atomic E-state index is -0.247. The molecule has 0 aliphatic heterocycles. The molecule has 0 bridgehead atoms. The molecule has 32 heavy (non-hydrogen) atoms. The minimum Gasteiger partial charge on any atom is -0.505 e. The van der Waals surface area contributed by atoms with E-state index in [0.29, 0.717) is 23.3 Å². The predicted molar refractivity (Wildman–Crippen MR) is 131 cm³/mol. The molecule has 2 heterocycles. The molecule has 2 aromatic carbocycles. The highest BCUT2D eigenvalue weighted by molar-refractivity contribution is 9.11. The van der Waals surface area contributed by atoms with Crippen LogP contribution in [-0.4, -0.2) is 30.3 Å². The van der Waals surface area contributed by atoms with Gasteiger partial charge in [0.1, 0.15) is 4.47 Å². The lowest BCUT2D eigenvalue weighted by molar-refractivity contribution is 0.460. The zero-order valence-corrected chi connectivity index (χ0v) is 20.5. The van der Waals surface area contributed by atoms with Crippen molar-refractivity contribution in [3.05, 3.63) is 79.1 Å². The van der Waals surface area contributed by atoms with Gasteiger partial charge in [-0.05, 0) is 66.6 Å². The van der Waals surface area contributed by atoms with E-state index in [1.807, 2.05) is 48.5 Å². The molecule has 0 saturated heterocycles. The van der Waals surface area contributed by atoms with Crippen molar-refractivity contribution in [1.29, 1.82) is 0 Å². The number of nitrogens with zero attached hydrogens (tertiary/aromatic N) is 4. The fourth-order valence-electron chi connectivity index (χ4n) is 3.63. The van der Waals surface area contributed by atoms with Crippen LogP contribution < -0.4 is 5.56 Å². The number of unbranched alkanes of at least 4 members (excludes halogenated alkanes) is 1. The highest BCUT2D eigenvalue weighted by Gasteiger charge is 2.18. The second kappa shape index (κ2) is 9.79. The lowest BCUT2D eigenvalue weighted by atomic mass is 9.98. The SMILES string of the molecule is CCCCc1c(Br)c(O)c(Br)c(=O)n1Cc1ccc(-c2ccccc2-c2nn[nH]n2)cc1. The number of H-pyrrole nitrogens is 1. The Labute approximate surface area is 201 Å². The number of hydrogen-bond acceptors (Lipinski definition) is 5. The van der Waals surface area contributed by atoms with Gasteiger partial charge in [-0.1, -0.05) is 61.9 Å². The summed E-state index contributed by atoms with van der Waals surface area (Å²) in [6, 6.07) is 15.9. The monoisotopic (exact) mass is 557 g/mol. The maximum atomic E-state index is 12.9. The van der Waals surface area contributed by atoms with Gasteiger partial charge in [-0.15, -0.1) is 10.2 Å². The third kappa shape index (κ3) is 4.40. The van der Waals surface area contributed by atoms with Gasteiger partial charge < -0.3 is 9.67 Å². The van der Waals surface area contributed by atoms with E-state index in [0.717, 1.165) is 40.8 Å². The number of pyridine rings is 1. The van der Waals surface area contributed by atoms with Gasteiger partial charge in [0, 0.05) is 11.3 Å². The number of aromatic amines is 1. The van der Waals surface area contributed by atoms with E-state index in [2.05, 4.69) is 59.4 Å². The van der Waals surface area contributed by atoms with Crippen LogP contribution in [0.2, 0.25) is 0 Å². The molecular formula is C23H21Br2N5O2. The first kappa shape index (κ1) is 22.4. The lowest BCUT2D eigenvalue weighted by Gasteiger charge is -2.17. The van der Waals surface area contributed by atoms with Crippen LogP contribution in [0.25, 0.3) is 22.5 Å². The van der Waals surface area contributed by atoms with Gasteiger partial charge in [0.05, 0.1) is 11.0 Å². The van der Waals surface area contributed by atoms with E-state index in [-0.39, 0.29) is 15.8 Å². The van der Waals surface area contributed by atoms with Crippen molar-refractivity contribution in [3.8, 4) is 28.3 Å². The number of hydrogen-bond donors (Lipinski definition) is 2. The second-order valence-electron chi connectivity index (χ2n) is 7.40. The number of nitrogens with one attached hydrogen (secondary N) is 1. The second-order valence-corrected chi connectivity index (χ2v) is 8.98. The molecule has 9 heteroatoms. The first-order valence-corrected chi connectivity index (χ1v) is 11.8. The molecule has 7 nitrogen and oxygen atoms in total. The summed E-state index contributed by atoms with van der Waals surface area (Å²) in [6.45, 7) is 2.50. The minimum absolute atomic E-state index is 0.0502. The molecule has 164 valence electrons. The smallest absolute Gasteiger partial charge is 0.269 e. The summed E-state index contributed by atoms with van der Waals surface area (Å²) in [5.41, 5.74) is 4.43. The Morgan fingerprint density at radius 2 is 1.75 bits per heavy atom. The van der Waals surface area contributed by atoms with Crippen molar-refractivity contribution in [2.24, 2.45) is 0 Å². The van der Waals surface area contributed by atoms with Crippen molar-refractivity contribution in [2.75, 3.05) is 0 Å². The molecule has 0 radical (unpaired) electrons. The molecule has 0 spiro atoms. The first-order valence-electron chi connectivity index (χ1n) is 10.2. The standard InChI is InChI=1S/C23H21Br2N5O2/c1-2-3-8-18-19(24)21(31)20(25)23(32)30(18)13-14-9-11-15(12-10-14)16-6-4-5-7-17(16)22-26-28-29-27-22/h4-7,9-12,31H,2-3,8,13H2,1H3,(H,26,27,28,29). The Morgan fingerprint density at radius 3 is 2.41 bits per heavy atom. The third-order valence-electron chi connectivity index (χ3n) is 5.31. The van der Waals surface area contributed by atoms with Crippen LogP contribution in [0.15, 0.2) is 62.3 Å². The Bertz CT molecular complexity index is 1290. The van der Waals surface area contributed by atoms with Gasteiger partial charge >= 0.3 is 0 Å². The molecule has 0 atom stereocenters. The maximum Gasteiger partial charge on any atom is 0.269 e. The summed E-state index contributed by atoms with van der Waals surface area (Å²) in [4.78, 5) is 12.9. The van der Waals surface area contributed by atoms with Gasteiger partial charge in [-0.2, -0.15) is 5.21 Å². The van der Waals surface area contributed by atoms with E-state index in [1.54, 1.807) is 4.57 Å². The average molecular weight is 559 g/mol. The Balaban J connectivity index is 1.69. The van der Waals surface area contributed by atoms with E-state index in [9.17, 15) is 9.90 Å². The Kier molecular flexibility index (Phi) is 6.86. The van der Waals surface area contributed by atoms with Crippen LogP contribution >= 0.6 is 31.9 Å². The highest BCUT2D eigenvalue weighted by atomic mass is 79.9. The lowest BCUT2D eigenvalue weighted by Crippen LogP contribution is -2.25. The molecule has 2 N–H and O–H groups in total. The van der Waals surface area contributed by atoms with Gasteiger partial charge in [0.25, 0.3) is 5.56 Å². The van der Waals surface area contributed by atoms with E-state index in [4.69, 9.17) is 0 Å². The number of rotatable bonds is 7. The van der Waals surface area contributed by atoms with Gasteiger partial charge in [-0.3, -0.25) is 4.79 Å². The van der Waals surface area contributed by atoms with E-state index < -0.39 is 0 Å². The topological polar surface area (TPSA) is 96.7 Å². The Morgan fingerprint density at radius 1 is 1.03 bits per heavy atom. The zero-order valence-electron chi connectivity index (χ0n) is 17.3. The molecule has 4 rings (SSSR count). The molecular weight excluding hydrogens is 538 g/mol. The van der Waals surface area contributed by atoms with Crippen LogP contribution in [0.5, 0.6) is 5.75 Å². The van der Waals surface area contributed by atoms with Crippen molar-refractivity contribution in [1.82, 2.24) is 25.2 Å². The van der Waals surface area contributed by atoms with E-state index >= 15 is 0 Å². The van der Waals surface area contributed by atoms with Crippen LogP contribution in [0, 0.1) is 0 Å². The molecule has 0 aliphatic carbocycles. The summed E-state index contributed by atoms with van der Waals surface area (Å²) >= 11 is 6.70. The molecule has 2 aromatic heterocycles. The number of benzene rings is 2. The average Bonchev–Trinajstić information content (AvgIpc) is 3.36. The van der Waals surface area contributed by atoms with Crippen molar-refractivity contribution < 1.29 is 5.11 Å². The maximum absolute atomic E-state index is 12.9. The molecule has 0 amide bonds. The van der Waals surface area contributed by atoms with Crippen LogP contribution in [0.3, 0.4) is 0 Å². The summed E-state index contributed by atoms with van der Waals surface area (Å²) in [5, 5.41) is 24.6.